The van der Waals surface area contributed by atoms with Gasteiger partial charge in [0, 0.05) is 40.5 Å². The summed E-state index contributed by atoms with van der Waals surface area (Å²) in [4.78, 5) is 27.9. The molecule has 0 fully saturated rings. The van der Waals surface area contributed by atoms with E-state index in [1.165, 1.54) is 0 Å². The van der Waals surface area contributed by atoms with Crippen LogP contribution in [0.15, 0.2) is 54.6 Å². The van der Waals surface area contributed by atoms with E-state index in [1.54, 1.807) is 6.07 Å². The van der Waals surface area contributed by atoms with Crippen LogP contribution in [0.25, 0.3) is 39.0 Å². The van der Waals surface area contributed by atoms with E-state index in [2.05, 4.69) is 53.2 Å². The Morgan fingerprint density at radius 3 is 2.48 bits per heavy atom. The van der Waals surface area contributed by atoms with E-state index in [1.807, 2.05) is 37.4 Å². The minimum Gasteiger partial charge on any atom is -0.344 e. The van der Waals surface area contributed by atoms with Crippen LogP contribution in [0.5, 0.6) is 0 Å². The highest BCUT2D eigenvalue weighted by atomic mass is 35.5. The van der Waals surface area contributed by atoms with E-state index < -0.39 is 0 Å². The Balaban J connectivity index is 1.75. The predicted octanol–water partition coefficient (Wildman–Crippen LogP) is 5.50. The third-order valence-electron chi connectivity index (χ3n) is 6.22. The minimum atomic E-state index is -0.385. The number of halogens is 1. The van der Waals surface area contributed by atoms with Crippen LogP contribution in [-0.4, -0.2) is 41.9 Å². The highest BCUT2D eigenvalue weighted by molar-refractivity contribution is 6.36. The summed E-state index contributed by atoms with van der Waals surface area (Å²) in [7, 11) is 6.11. The Hall–Kier alpha value is -3.41. The van der Waals surface area contributed by atoms with E-state index in [0.717, 1.165) is 45.9 Å². The first-order chi connectivity index (χ1) is 15.9. The average molecular weight is 458 g/mol. The van der Waals surface area contributed by atoms with Crippen molar-refractivity contribution in [2.45, 2.75) is 6.42 Å². The van der Waals surface area contributed by atoms with Crippen molar-refractivity contribution in [3.63, 3.8) is 0 Å². The molecule has 1 aliphatic heterocycles. The first-order valence-corrected chi connectivity index (χ1v) is 11.3. The number of nitrogens with one attached hydrogen (secondary N) is 1. The zero-order chi connectivity index (χ0) is 23.3. The summed E-state index contributed by atoms with van der Waals surface area (Å²) >= 11 is 6.48. The fourth-order valence-corrected chi connectivity index (χ4v) is 4.85. The number of aryl methyl sites for hydroxylation is 1. The van der Waals surface area contributed by atoms with Crippen molar-refractivity contribution in [2.75, 3.05) is 20.6 Å². The van der Waals surface area contributed by atoms with E-state index in [9.17, 15) is 9.59 Å². The second-order valence-electron chi connectivity index (χ2n) is 8.66. The van der Waals surface area contributed by atoms with Crippen molar-refractivity contribution in [3.8, 4) is 11.1 Å². The van der Waals surface area contributed by atoms with Gasteiger partial charge in [0.05, 0.1) is 16.6 Å². The highest BCUT2D eigenvalue weighted by Crippen LogP contribution is 2.41. The second-order valence-corrected chi connectivity index (χ2v) is 9.07. The van der Waals surface area contributed by atoms with Gasteiger partial charge in [-0.1, -0.05) is 54.1 Å². The zero-order valence-corrected chi connectivity index (χ0v) is 19.5. The molecule has 2 amide bonds. The maximum atomic E-state index is 12.9. The number of hydrogen-bond donors (Lipinski definition) is 1. The lowest BCUT2D eigenvalue weighted by molar-refractivity contribution is 0.0880. The normalized spacial score (nSPS) is 13.6. The number of carbonyl (C=O) groups excluding carboxylic acids is 2. The standard InChI is InChI=1S/C27H24ClN3O2/c1-30(2)13-7-6-8-16-11-12-18-21(14-16)31(3)22-15-19(17-9-4-5-10-20(17)28)24-25(23(18)22)27(33)29-26(24)32/h4-6,8-12,14-15H,7,13H2,1-3H3,(H,29,32,33). The molecular weight excluding hydrogens is 434 g/mol. The van der Waals surface area contributed by atoms with Gasteiger partial charge in [-0.05, 0) is 49.8 Å². The molecule has 0 atom stereocenters. The number of rotatable bonds is 5. The summed E-state index contributed by atoms with van der Waals surface area (Å²) in [6.07, 6.45) is 5.26. The molecule has 0 bridgehead atoms. The number of benzene rings is 3. The van der Waals surface area contributed by atoms with Crippen LogP contribution in [0.2, 0.25) is 5.02 Å². The fourth-order valence-electron chi connectivity index (χ4n) is 4.61. The number of nitrogens with zero attached hydrogens (tertiary/aromatic N) is 2. The summed E-state index contributed by atoms with van der Waals surface area (Å²) in [5.41, 5.74) is 5.20. The minimum absolute atomic E-state index is 0.367. The molecule has 5 rings (SSSR count). The topological polar surface area (TPSA) is 54.3 Å². The molecule has 2 heterocycles. The van der Waals surface area contributed by atoms with Crippen LogP contribution in [-0.2, 0) is 7.05 Å². The molecule has 0 aliphatic carbocycles. The van der Waals surface area contributed by atoms with Gasteiger partial charge in [-0.15, -0.1) is 0 Å². The molecule has 6 heteroatoms. The van der Waals surface area contributed by atoms with Gasteiger partial charge in [0.1, 0.15) is 0 Å². The second kappa shape index (κ2) is 8.18. The monoisotopic (exact) mass is 457 g/mol. The smallest absolute Gasteiger partial charge is 0.259 e. The molecule has 0 saturated heterocycles. The van der Waals surface area contributed by atoms with Crippen LogP contribution in [0, 0.1) is 0 Å². The third-order valence-corrected chi connectivity index (χ3v) is 6.55. The van der Waals surface area contributed by atoms with Crippen molar-refractivity contribution in [1.29, 1.82) is 0 Å². The molecule has 1 aliphatic rings. The van der Waals surface area contributed by atoms with Crippen LogP contribution in [0.1, 0.15) is 32.7 Å². The van der Waals surface area contributed by atoms with Crippen molar-refractivity contribution in [2.24, 2.45) is 7.05 Å². The number of hydrogen-bond acceptors (Lipinski definition) is 3. The molecule has 166 valence electrons. The molecule has 3 aromatic carbocycles. The molecular formula is C27H24ClN3O2. The molecule has 4 aromatic rings. The molecule has 0 saturated carbocycles. The number of imide groups is 1. The maximum absolute atomic E-state index is 12.9. The summed E-state index contributed by atoms with van der Waals surface area (Å²) in [5, 5.41) is 4.77. The van der Waals surface area contributed by atoms with Gasteiger partial charge in [0.15, 0.2) is 0 Å². The average Bonchev–Trinajstić information content (AvgIpc) is 3.24. The van der Waals surface area contributed by atoms with Crippen molar-refractivity contribution in [3.05, 3.63) is 76.3 Å². The highest BCUT2D eigenvalue weighted by Gasteiger charge is 2.34. The van der Waals surface area contributed by atoms with Gasteiger partial charge < -0.3 is 9.47 Å². The lowest BCUT2D eigenvalue weighted by Gasteiger charge is -2.10. The Morgan fingerprint density at radius 1 is 0.970 bits per heavy atom. The Morgan fingerprint density at radius 2 is 1.73 bits per heavy atom. The molecule has 33 heavy (non-hydrogen) atoms. The first-order valence-electron chi connectivity index (χ1n) is 10.9. The van der Waals surface area contributed by atoms with Crippen molar-refractivity contribution in [1.82, 2.24) is 14.8 Å². The maximum Gasteiger partial charge on any atom is 0.259 e. The third kappa shape index (κ3) is 3.54. The summed E-state index contributed by atoms with van der Waals surface area (Å²) in [5.74, 6) is -0.752. The van der Waals surface area contributed by atoms with Gasteiger partial charge in [-0.3, -0.25) is 14.9 Å². The SMILES string of the molecule is CN(C)CCC=Cc1ccc2c3c4c(c(-c5ccccc5Cl)cc3n(C)c2c1)C(=O)NC4=O. The Kier molecular flexibility index (Phi) is 5.31. The van der Waals surface area contributed by atoms with E-state index in [4.69, 9.17) is 11.6 Å². The number of carbonyl (C=O) groups is 2. The molecule has 0 radical (unpaired) electrons. The predicted molar refractivity (Wildman–Crippen MR) is 135 cm³/mol. The van der Waals surface area contributed by atoms with Gasteiger partial charge >= 0.3 is 0 Å². The fraction of sp³-hybridized carbons (Fsp3) is 0.185. The summed E-state index contributed by atoms with van der Waals surface area (Å²) in [6.45, 7) is 0.993. The van der Waals surface area contributed by atoms with Crippen LogP contribution in [0.4, 0.5) is 0 Å². The largest absolute Gasteiger partial charge is 0.344 e. The zero-order valence-electron chi connectivity index (χ0n) is 18.8. The number of aromatic nitrogens is 1. The van der Waals surface area contributed by atoms with Crippen LogP contribution < -0.4 is 5.32 Å². The quantitative estimate of drug-likeness (QED) is 0.402. The molecule has 1 N–H and O–H groups in total. The van der Waals surface area contributed by atoms with Crippen molar-refractivity contribution >= 4 is 51.3 Å². The van der Waals surface area contributed by atoms with Crippen LogP contribution in [0.3, 0.4) is 0 Å². The summed E-state index contributed by atoms with van der Waals surface area (Å²) < 4.78 is 2.08. The van der Waals surface area contributed by atoms with E-state index >= 15 is 0 Å². The number of fused-ring (bicyclic) bond motifs is 5. The first kappa shape index (κ1) is 21.4. The van der Waals surface area contributed by atoms with Crippen molar-refractivity contribution < 1.29 is 9.59 Å². The lowest BCUT2D eigenvalue weighted by Crippen LogP contribution is -2.20. The number of amides is 2. The van der Waals surface area contributed by atoms with Gasteiger partial charge in [0.25, 0.3) is 11.8 Å². The van der Waals surface area contributed by atoms with E-state index in [0.29, 0.717) is 21.7 Å². The Labute approximate surface area is 197 Å². The van der Waals surface area contributed by atoms with Gasteiger partial charge in [0.2, 0.25) is 0 Å². The Bertz CT molecular complexity index is 1480. The van der Waals surface area contributed by atoms with E-state index in [-0.39, 0.29) is 11.8 Å². The molecule has 5 nitrogen and oxygen atoms in total. The lowest BCUT2D eigenvalue weighted by atomic mass is 9.93. The summed E-state index contributed by atoms with van der Waals surface area (Å²) in [6, 6.07) is 15.6. The molecule has 1 aromatic heterocycles. The molecule has 0 spiro atoms. The molecule has 0 unspecified atom stereocenters. The van der Waals surface area contributed by atoms with Gasteiger partial charge in [-0.25, -0.2) is 0 Å². The van der Waals surface area contributed by atoms with Gasteiger partial charge in [-0.2, -0.15) is 0 Å². The van der Waals surface area contributed by atoms with Crippen LogP contribution >= 0.6 is 11.6 Å².